The lowest BCUT2D eigenvalue weighted by Crippen LogP contribution is -2.70. The number of ether oxygens (including phenoxy) is 6. The van der Waals surface area contributed by atoms with Crippen LogP contribution in [0.2, 0.25) is 0 Å². The van der Waals surface area contributed by atoms with Gasteiger partial charge in [-0.3, -0.25) is 5.26 Å². The van der Waals surface area contributed by atoms with Gasteiger partial charge in [-0.2, -0.15) is 0 Å². The third kappa shape index (κ3) is 9.43. The van der Waals surface area contributed by atoms with E-state index in [2.05, 4.69) is 25.7 Å². The quantitative estimate of drug-likeness (QED) is 0.0404. The van der Waals surface area contributed by atoms with Gasteiger partial charge >= 0.3 is 0 Å². The molecule has 0 aromatic rings. The zero-order chi connectivity index (χ0) is 51.1. The fourth-order valence-corrected chi connectivity index (χ4v) is 14.9. The molecule has 26 atom stereocenters. The van der Waals surface area contributed by atoms with Crippen LogP contribution in [0.25, 0.3) is 0 Å². The number of fused-ring (bicyclic) bond motifs is 5. The molecule has 69 heavy (non-hydrogen) atoms. The third-order valence-corrected chi connectivity index (χ3v) is 18.8. The van der Waals surface area contributed by atoms with Crippen LogP contribution in [-0.4, -0.2) is 213 Å². The lowest BCUT2D eigenvalue weighted by Gasteiger charge is -2.71. The minimum atomic E-state index is -1.86. The lowest BCUT2D eigenvalue weighted by molar-refractivity contribution is -0.383. The van der Waals surface area contributed by atoms with E-state index >= 15 is 0 Å². The summed E-state index contributed by atoms with van der Waals surface area (Å²) in [5, 5.41) is 151. The van der Waals surface area contributed by atoms with Crippen LogP contribution in [0, 0.1) is 45.3 Å². The van der Waals surface area contributed by atoms with Gasteiger partial charge in [0, 0.05) is 0 Å². The van der Waals surface area contributed by atoms with Crippen LogP contribution < -0.4 is 0 Å². The molecule has 0 spiro atoms. The summed E-state index contributed by atoms with van der Waals surface area (Å²) < 4.78 is 36.8. The van der Waals surface area contributed by atoms with Crippen LogP contribution in [0.5, 0.6) is 0 Å². The molecule has 7 aliphatic rings. The van der Waals surface area contributed by atoms with Gasteiger partial charge in [0.2, 0.25) is 0 Å². The highest BCUT2D eigenvalue weighted by Gasteiger charge is 2.73. The van der Waals surface area contributed by atoms with Gasteiger partial charge < -0.3 is 94.8 Å². The van der Waals surface area contributed by atoms with Crippen LogP contribution in [0.3, 0.4) is 0 Å². The van der Waals surface area contributed by atoms with E-state index < -0.39 is 163 Å². The van der Waals surface area contributed by atoms with E-state index in [9.17, 15) is 71.6 Å². The van der Waals surface area contributed by atoms with E-state index in [1.54, 1.807) is 26.0 Å². The molecule has 21 nitrogen and oxygen atoms in total. The van der Waals surface area contributed by atoms with Crippen molar-refractivity contribution in [2.24, 2.45) is 45.3 Å². The second-order valence-electron chi connectivity index (χ2n) is 23.5. The van der Waals surface area contributed by atoms with Crippen molar-refractivity contribution in [3.05, 3.63) is 12.2 Å². The van der Waals surface area contributed by atoms with Gasteiger partial charge in [-0.15, -0.1) is 0 Å². The van der Waals surface area contributed by atoms with Crippen LogP contribution >= 0.6 is 0 Å². The molecule has 0 bridgehead atoms. The summed E-state index contributed by atoms with van der Waals surface area (Å²) in [6, 6.07) is 0. The third-order valence-electron chi connectivity index (χ3n) is 18.8. The van der Waals surface area contributed by atoms with Crippen LogP contribution in [0.15, 0.2) is 12.2 Å². The number of rotatable bonds is 14. The molecule has 4 aliphatic carbocycles. The SMILES string of the molecule is CC(C)(/C=C/C[C@](C)(O[C@@H]1O[C@H](CO)[C@@H](O)[C@H](O)[C@H]1O)[C@H]1CC[C@]2(C)[C@@H]1[C@H](O)CC1[C@@]3(C)C[C@@H](O)[C@H](O[C@@H]4O[C@H](CO)[C@@H](O)[C@H](O)[C@H]4O[C@@H]4O[C@H](CO)[C@@H](O)[C@H](O)[C@H]4O)C(C)(C)C3CC[C@]12C)OO. The molecule has 0 radical (unpaired) electrons. The van der Waals surface area contributed by atoms with Crippen molar-refractivity contribution in [1.82, 2.24) is 0 Å². The van der Waals surface area contributed by atoms with E-state index in [0.717, 1.165) is 6.42 Å². The van der Waals surface area contributed by atoms with E-state index in [4.69, 9.17) is 28.4 Å². The average molecular weight is 995 g/mol. The Morgan fingerprint density at radius 1 is 0.594 bits per heavy atom. The van der Waals surface area contributed by atoms with Crippen molar-refractivity contribution in [2.75, 3.05) is 19.8 Å². The molecule has 7 fully saturated rings. The maximum Gasteiger partial charge on any atom is 0.187 e. The van der Waals surface area contributed by atoms with Gasteiger partial charge in [-0.1, -0.05) is 46.8 Å². The van der Waals surface area contributed by atoms with Crippen molar-refractivity contribution in [2.45, 2.75) is 222 Å². The molecule has 400 valence electrons. The minimum Gasteiger partial charge on any atom is -0.394 e. The first-order chi connectivity index (χ1) is 32.1. The van der Waals surface area contributed by atoms with E-state index in [1.807, 2.05) is 20.8 Å². The molecule has 21 heteroatoms. The standard InChI is InChI=1S/C48H82O21/c1-43(2,69-62)12-9-13-48(8,68-41-37(61)34(58)31(55)25(19-50)64-41)21-10-14-47(7)29(21)22(52)16-28-45(5)17-23(53)39(44(3,4)27(45)11-15-46(28,47)6)67-42-38(35(59)32(56)26(20-51)65-42)66-40-36(60)33(57)30(54)24(18-49)63-40/h9,12,21-42,49-62H,10-11,13-20H2,1-8H3/b12-9+/t21-,22+,23+,24+,25+,26+,27?,28?,29-,30+,31+,32+,33-,34-,35-,36+,37+,38+,39-,40-,41-,42-,45-,46+,47+,48-/m0/s1. The minimum absolute atomic E-state index is 0.124. The number of aliphatic hydroxyl groups excluding tert-OH is 13. The molecule has 4 saturated carbocycles. The first kappa shape index (κ1) is 55.6. The van der Waals surface area contributed by atoms with Gasteiger partial charge in [0.05, 0.1) is 43.7 Å². The van der Waals surface area contributed by atoms with Gasteiger partial charge in [-0.25, -0.2) is 4.89 Å². The Morgan fingerprint density at radius 3 is 1.68 bits per heavy atom. The maximum absolute atomic E-state index is 12.7. The Labute approximate surface area is 403 Å². The second kappa shape index (κ2) is 20.2. The maximum atomic E-state index is 12.7. The van der Waals surface area contributed by atoms with Crippen molar-refractivity contribution < 1.29 is 105 Å². The highest BCUT2D eigenvalue weighted by molar-refractivity contribution is 5.21. The molecular formula is C48H82O21. The Bertz CT molecular complexity index is 1770. The summed E-state index contributed by atoms with van der Waals surface area (Å²) >= 11 is 0. The Morgan fingerprint density at radius 2 is 1.12 bits per heavy atom. The predicted octanol–water partition coefficient (Wildman–Crippen LogP) is -1.59. The van der Waals surface area contributed by atoms with E-state index in [1.165, 1.54) is 0 Å². The highest BCUT2D eigenvalue weighted by Crippen LogP contribution is 2.76. The number of aliphatic hydroxyl groups is 13. The molecule has 7 rings (SSSR count). The molecule has 0 aromatic heterocycles. The van der Waals surface area contributed by atoms with Crippen molar-refractivity contribution in [3.63, 3.8) is 0 Å². The van der Waals surface area contributed by atoms with Crippen LogP contribution in [0.1, 0.15) is 100 Å². The molecule has 0 aromatic carbocycles. The summed E-state index contributed by atoms with van der Waals surface area (Å²) in [6.45, 7) is 13.7. The fourth-order valence-electron chi connectivity index (χ4n) is 14.9. The highest BCUT2D eigenvalue weighted by atomic mass is 17.1. The molecule has 2 unspecified atom stereocenters. The summed E-state index contributed by atoms with van der Waals surface area (Å²) in [5.41, 5.74) is -4.57. The lowest BCUT2D eigenvalue weighted by atomic mass is 9.35. The normalized spacial score (nSPS) is 52.2. The Kier molecular flexibility index (Phi) is 16.3. The second-order valence-corrected chi connectivity index (χ2v) is 23.5. The van der Waals surface area contributed by atoms with Crippen molar-refractivity contribution in [1.29, 1.82) is 0 Å². The smallest absolute Gasteiger partial charge is 0.187 e. The van der Waals surface area contributed by atoms with Crippen LogP contribution in [-0.2, 0) is 33.3 Å². The Hall–Kier alpha value is -1.10. The number of hydrogen-bond donors (Lipinski definition) is 14. The van der Waals surface area contributed by atoms with Crippen LogP contribution in [0.4, 0.5) is 0 Å². The average Bonchev–Trinajstić information content (AvgIpc) is 3.68. The van der Waals surface area contributed by atoms with E-state index in [-0.39, 0.29) is 36.5 Å². The zero-order valence-corrected chi connectivity index (χ0v) is 41.0. The summed E-state index contributed by atoms with van der Waals surface area (Å²) in [6.07, 6.45) is -20.2. The van der Waals surface area contributed by atoms with Crippen molar-refractivity contribution >= 4 is 0 Å². The largest absolute Gasteiger partial charge is 0.394 e. The van der Waals surface area contributed by atoms with E-state index in [0.29, 0.717) is 25.7 Å². The molecule has 14 N–H and O–H groups in total. The fraction of sp³-hybridized carbons (Fsp3) is 0.958. The Balaban J connectivity index is 1.16. The number of hydrogen-bond acceptors (Lipinski definition) is 21. The summed E-state index contributed by atoms with van der Waals surface area (Å²) in [5.74, 6) is -0.960. The topological polar surface area (TPSA) is 348 Å². The van der Waals surface area contributed by atoms with Crippen molar-refractivity contribution in [3.8, 4) is 0 Å². The molecule has 3 aliphatic heterocycles. The molecule has 0 amide bonds. The first-order valence-corrected chi connectivity index (χ1v) is 24.7. The van der Waals surface area contributed by atoms with Gasteiger partial charge in [-0.05, 0) is 111 Å². The van der Waals surface area contributed by atoms with Gasteiger partial charge in [0.25, 0.3) is 0 Å². The zero-order valence-electron chi connectivity index (χ0n) is 41.0. The predicted molar refractivity (Wildman–Crippen MR) is 238 cm³/mol. The molecular weight excluding hydrogens is 913 g/mol. The molecule has 3 heterocycles. The first-order valence-electron chi connectivity index (χ1n) is 24.7. The monoisotopic (exact) mass is 995 g/mol. The summed E-state index contributed by atoms with van der Waals surface area (Å²) in [7, 11) is 0. The molecule has 3 saturated heterocycles. The summed E-state index contributed by atoms with van der Waals surface area (Å²) in [4.78, 5) is 4.66. The van der Waals surface area contributed by atoms with Gasteiger partial charge in [0.1, 0.15) is 78.8 Å². The van der Waals surface area contributed by atoms with Gasteiger partial charge in [0.15, 0.2) is 18.9 Å².